The smallest absolute Gasteiger partial charge is 0.315 e. The number of nitrogens with one attached hydrogen (secondary N) is 2. The first kappa shape index (κ1) is 15.0. The molecular weight excluding hydrogens is 290 g/mol. The van der Waals surface area contributed by atoms with Gasteiger partial charge in [-0.1, -0.05) is 24.3 Å². The SMILES string of the molecule is C[C@@H](NC(=O)NCc1cccc2cccnc12)c1cnn(C)c1. The van der Waals surface area contributed by atoms with Crippen molar-refractivity contribution >= 4 is 16.9 Å². The lowest BCUT2D eigenvalue weighted by Crippen LogP contribution is -2.36. The Kier molecular flexibility index (Phi) is 4.23. The van der Waals surface area contributed by atoms with Crippen LogP contribution in [0.25, 0.3) is 10.9 Å². The lowest BCUT2D eigenvalue weighted by molar-refractivity contribution is 0.237. The number of aryl methyl sites for hydroxylation is 1. The van der Waals surface area contributed by atoms with Gasteiger partial charge >= 0.3 is 6.03 Å². The van der Waals surface area contributed by atoms with Crippen LogP contribution in [0.3, 0.4) is 0 Å². The van der Waals surface area contributed by atoms with Crippen LogP contribution in [-0.2, 0) is 13.6 Å². The highest BCUT2D eigenvalue weighted by Crippen LogP contribution is 2.15. The standard InChI is InChI=1S/C17H19N5O/c1-12(15-10-20-22(2)11-15)21-17(23)19-9-14-6-3-5-13-7-4-8-18-16(13)14/h3-8,10-12H,9H2,1-2H3,(H2,19,21,23)/t12-/m1/s1. The highest BCUT2D eigenvalue weighted by atomic mass is 16.2. The number of carbonyl (C=O) groups is 1. The Hall–Kier alpha value is -2.89. The molecule has 0 saturated heterocycles. The molecule has 6 nitrogen and oxygen atoms in total. The summed E-state index contributed by atoms with van der Waals surface area (Å²) in [5, 5.41) is 11.0. The van der Waals surface area contributed by atoms with E-state index in [4.69, 9.17) is 0 Å². The Morgan fingerprint density at radius 2 is 2.13 bits per heavy atom. The Balaban J connectivity index is 1.62. The predicted octanol–water partition coefficient (Wildman–Crippen LogP) is 2.53. The molecule has 1 atom stereocenters. The number of fused-ring (bicyclic) bond motifs is 1. The Bertz CT molecular complexity index is 821. The molecule has 6 heteroatoms. The van der Waals surface area contributed by atoms with E-state index < -0.39 is 0 Å². The molecule has 23 heavy (non-hydrogen) atoms. The van der Waals surface area contributed by atoms with E-state index in [-0.39, 0.29) is 12.1 Å². The van der Waals surface area contributed by atoms with Gasteiger partial charge in [-0.3, -0.25) is 9.67 Å². The van der Waals surface area contributed by atoms with Gasteiger partial charge in [0.2, 0.25) is 0 Å². The van der Waals surface area contributed by atoms with Crippen molar-refractivity contribution < 1.29 is 4.79 Å². The highest BCUT2D eigenvalue weighted by molar-refractivity contribution is 5.82. The number of aromatic nitrogens is 3. The molecule has 3 rings (SSSR count). The van der Waals surface area contributed by atoms with E-state index in [0.29, 0.717) is 6.54 Å². The Morgan fingerprint density at radius 3 is 2.91 bits per heavy atom. The van der Waals surface area contributed by atoms with Crippen molar-refractivity contribution in [3.05, 3.63) is 60.0 Å². The summed E-state index contributed by atoms with van der Waals surface area (Å²) < 4.78 is 1.72. The molecule has 2 N–H and O–H groups in total. The van der Waals surface area contributed by atoms with Crippen LogP contribution in [0.5, 0.6) is 0 Å². The van der Waals surface area contributed by atoms with Gasteiger partial charge < -0.3 is 10.6 Å². The summed E-state index contributed by atoms with van der Waals surface area (Å²) in [4.78, 5) is 16.5. The largest absolute Gasteiger partial charge is 0.334 e. The fraction of sp³-hybridized carbons (Fsp3) is 0.235. The molecule has 0 radical (unpaired) electrons. The van der Waals surface area contributed by atoms with E-state index in [9.17, 15) is 4.79 Å². The molecule has 0 fully saturated rings. The summed E-state index contributed by atoms with van der Waals surface area (Å²) in [5.41, 5.74) is 2.87. The zero-order valence-electron chi connectivity index (χ0n) is 13.2. The number of para-hydroxylation sites is 1. The number of carbonyl (C=O) groups excluding carboxylic acids is 1. The van der Waals surface area contributed by atoms with Crippen LogP contribution in [0.4, 0.5) is 4.79 Å². The van der Waals surface area contributed by atoms with Crippen molar-refractivity contribution in [2.45, 2.75) is 19.5 Å². The maximum absolute atomic E-state index is 12.1. The molecule has 2 aromatic heterocycles. The topological polar surface area (TPSA) is 71.8 Å². The second kappa shape index (κ2) is 6.48. The van der Waals surface area contributed by atoms with Gasteiger partial charge in [0.1, 0.15) is 0 Å². The molecule has 0 bridgehead atoms. The third kappa shape index (κ3) is 3.48. The molecular formula is C17H19N5O. The summed E-state index contributed by atoms with van der Waals surface area (Å²) in [7, 11) is 1.85. The molecule has 0 aliphatic heterocycles. The molecule has 0 unspecified atom stereocenters. The Labute approximate surface area is 134 Å². The lowest BCUT2D eigenvalue weighted by atomic mass is 10.1. The Morgan fingerprint density at radius 1 is 1.30 bits per heavy atom. The summed E-state index contributed by atoms with van der Waals surface area (Å²) in [6.45, 7) is 2.36. The number of benzene rings is 1. The zero-order valence-corrected chi connectivity index (χ0v) is 13.2. The van der Waals surface area contributed by atoms with Crippen molar-refractivity contribution in [3.8, 4) is 0 Å². The molecule has 118 valence electrons. The molecule has 0 aliphatic carbocycles. The van der Waals surface area contributed by atoms with Crippen molar-refractivity contribution in [1.29, 1.82) is 0 Å². The van der Waals surface area contributed by atoms with E-state index in [1.807, 2.05) is 50.5 Å². The summed E-state index contributed by atoms with van der Waals surface area (Å²) in [6, 6.07) is 9.55. The fourth-order valence-electron chi connectivity index (χ4n) is 2.48. The van der Waals surface area contributed by atoms with Crippen LogP contribution in [-0.4, -0.2) is 20.8 Å². The molecule has 2 amide bonds. The lowest BCUT2D eigenvalue weighted by Gasteiger charge is -2.13. The molecule has 0 saturated carbocycles. The van der Waals surface area contributed by atoms with Crippen molar-refractivity contribution in [1.82, 2.24) is 25.4 Å². The van der Waals surface area contributed by atoms with Gasteiger partial charge in [-0.25, -0.2) is 4.79 Å². The zero-order chi connectivity index (χ0) is 16.2. The van der Waals surface area contributed by atoms with Crippen LogP contribution in [0.15, 0.2) is 48.9 Å². The van der Waals surface area contributed by atoms with Crippen molar-refractivity contribution in [3.63, 3.8) is 0 Å². The number of hydrogen-bond acceptors (Lipinski definition) is 3. The molecule has 1 aromatic carbocycles. The van der Waals surface area contributed by atoms with Gasteiger partial charge in [0.25, 0.3) is 0 Å². The summed E-state index contributed by atoms with van der Waals surface area (Å²) in [5.74, 6) is 0. The number of hydrogen-bond donors (Lipinski definition) is 2. The van der Waals surface area contributed by atoms with E-state index in [1.165, 1.54) is 0 Å². The third-order valence-corrected chi connectivity index (χ3v) is 3.73. The minimum absolute atomic E-state index is 0.102. The highest BCUT2D eigenvalue weighted by Gasteiger charge is 2.11. The minimum atomic E-state index is -0.214. The minimum Gasteiger partial charge on any atom is -0.334 e. The van der Waals surface area contributed by atoms with Crippen molar-refractivity contribution in [2.75, 3.05) is 0 Å². The van der Waals surface area contributed by atoms with Crippen LogP contribution < -0.4 is 10.6 Å². The number of amides is 2. The van der Waals surface area contributed by atoms with Crippen LogP contribution in [0.2, 0.25) is 0 Å². The van der Waals surface area contributed by atoms with Crippen LogP contribution in [0.1, 0.15) is 24.1 Å². The molecule has 2 heterocycles. The van der Waals surface area contributed by atoms with Gasteiger partial charge in [-0.15, -0.1) is 0 Å². The van der Waals surface area contributed by atoms with Gasteiger partial charge in [0.15, 0.2) is 0 Å². The van der Waals surface area contributed by atoms with Gasteiger partial charge in [0, 0.05) is 36.9 Å². The van der Waals surface area contributed by atoms with Gasteiger partial charge in [-0.05, 0) is 18.6 Å². The normalized spacial score (nSPS) is 12.1. The number of urea groups is 1. The summed E-state index contributed by atoms with van der Waals surface area (Å²) in [6.07, 6.45) is 5.40. The van der Waals surface area contributed by atoms with E-state index >= 15 is 0 Å². The van der Waals surface area contributed by atoms with E-state index in [1.54, 1.807) is 17.1 Å². The molecule has 3 aromatic rings. The molecule has 0 spiro atoms. The summed E-state index contributed by atoms with van der Waals surface area (Å²) >= 11 is 0. The first-order valence-electron chi connectivity index (χ1n) is 7.49. The second-order valence-electron chi connectivity index (χ2n) is 5.49. The van der Waals surface area contributed by atoms with E-state index in [2.05, 4.69) is 20.7 Å². The number of nitrogens with zero attached hydrogens (tertiary/aromatic N) is 3. The monoisotopic (exact) mass is 309 g/mol. The first-order valence-corrected chi connectivity index (χ1v) is 7.49. The van der Waals surface area contributed by atoms with Gasteiger partial charge in [-0.2, -0.15) is 5.10 Å². The average Bonchev–Trinajstić information content (AvgIpc) is 2.99. The number of pyridine rings is 1. The number of rotatable bonds is 4. The third-order valence-electron chi connectivity index (χ3n) is 3.73. The second-order valence-corrected chi connectivity index (χ2v) is 5.49. The molecule has 0 aliphatic rings. The van der Waals surface area contributed by atoms with Gasteiger partial charge in [0.05, 0.1) is 17.8 Å². The quantitative estimate of drug-likeness (QED) is 0.778. The first-order chi connectivity index (χ1) is 11.1. The van der Waals surface area contributed by atoms with Crippen LogP contribution >= 0.6 is 0 Å². The van der Waals surface area contributed by atoms with Crippen LogP contribution in [0, 0.1) is 0 Å². The van der Waals surface area contributed by atoms with Crippen molar-refractivity contribution in [2.24, 2.45) is 7.05 Å². The maximum Gasteiger partial charge on any atom is 0.315 e. The average molecular weight is 309 g/mol. The van der Waals surface area contributed by atoms with E-state index in [0.717, 1.165) is 22.0 Å². The maximum atomic E-state index is 12.1. The fourth-order valence-corrected chi connectivity index (χ4v) is 2.48. The predicted molar refractivity (Wildman–Crippen MR) is 88.7 cm³/mol.